The summed E-state index contributed by atoms with van der Waals surface area (Å²) in [4.78, 5) is 16.8. The third-order valence-electron chi connectivity index (χ3n) is 5.45. The van der Waals surface area contributed by atoms with Crippen LogP contribution in [0.4, 0.5) is 15.8 Å². The van der Waals surface area contributed by atoms with E-state index in [9.17, 15) is 17.6 Å². The maximum Gasteiger partial charge on any atom is 0.246 e. The number of carbonyl (C=O) groups excluding carboxylic acids is 1. The van der Waals surface area contributed by atoms with E-state index in [4.69, 9.17) is 0 Å². The Bertz CT molecular complexity index is 1030. The summed E-state index contributed by atoms with van der Waals surface area (Å²) >= 11 is 0. The zero-order valence-electron chi connectivity index (χ0n) is 17.8. The maximum absolute atomic E-state index is 14.1. The summed E-state index contributed by atoms with van der Waals surface area (Å²) in [6, 6.07) is 11.3. The standard InChI is InChI=1S/C22H28FN3O3S/c1-16-9-10-17(2)21(15-16)26(30(4,28)29)18(3)22(27)25-13-11-24(12-14-25)20-8-6-5-7-19(20)23/h5-10,15,18H,11-14H2,1-4H3. The average molecular weight is 434 g/mol. The van der Waals surface area contributed by atoms with Crippen LogP contribution in [0.25, 0.3) is 0 Å². The molecular weight excluding hydrogens is 405 g/mol. The summed E-state index contributed by atoms with van der Waals surface area (Å²) < 4.78 is 40.5. The summed E-state index contributed by atoms with van der Waals surface area (Å²) in [6.07, 6.45) is 1.12. The van der Waals surface area contributed by atoms with Crippen molar-refractivity contribution in [1.29, 1.82) is 0 Å². The fraction of sp³-hybridized carbons (Fsp3) is 0.409. The zero-order valence-corrected chi connectivity index (χ0v) is 18.6. The molecule has 1 saturated heterocycles. The molecule has 8 heteroatoms. The SMILES string of the molecule is Cc1ccc(C)c(N(C(C)C(=O)N2CCN(c3ccccc3F)CC2)S(C)(=O)=O)c1. The van der Waals surface area contributed by atoms with Crippen molar-refractivity contribution in [1.82, 2.24) is 4.90 Å². The summed E-state index contributed by atoms with van der Waals surface area (Å²) in [5.41, 5.74) is 2.74. The van der Waals surface area contributed by atoms with Gasteiger partial charge in [-0.2, -0.15) is 0 Å². The number of amides is 1. The van der Waals surface area contributed by atoms with Crippen molar-refractivity contribution < 1.29 is 17.6 Å². The van der Waals surface area contributed by atoms with Gasteiger partial charge in [0, 0.05) is 26.2 Å². The average Bonchev–Trinajstić information content (AvgIpc) is 2.69. The number of hydrogen-bond acceptors (Lipinski definition) is 4. The molecular formula is C22H28FN3O3S. The van der Waals surface area contributed by atoms with Crippen LogP contribution in [0, 0.1) is 19.7 Å². The van der Waals surface area contributed by atoms with E-state index in [1.807, 2.05) is 30.9 Å². The summed E-state index contributed by atoms with van der Waals surface area (Å²) in [5.74, 6) is -0.543. The molecule has 30 heavy (non-hydrogen) atoms. The molecule has 162 valence electrons. The van der Waals surface area contributed by atoms with E-state index in [-0.39, 0.29) is 11.7 Å². The number of hydrogen-bond donors (Lipinski definition) is 0. The Balaban J connectivity index is 1.78. The molecule has 0 N–H and O–H groups in total. The lowest BCUT2D eigenvalue weighted by atomic mass is 10.1. The van der Waals surface area contributed by atoms with Gasteiger partial charge in [-0.3, -0.25) is 9.10 Å². The molecule has 1 aliphatic rings. The second-order valence-corrected chi connectivity index (χ2v) is 9.65. The van der Waals surface area contributed by atoms with E-state index in [0.717, 1.165) is 17.4 Å². The number of nitrogens with zero attached hydrogens (tertiary/aromatic N) is 3. The van der Waals surface area contributed by atoms with Crippen LogP contribution in [-0.2, 0) is 14.8 Å². The van der Waals surface area contributed by atoms with Gasteiger partial charge < -0.3 is 9.80 Å². The van der Waals surface area contributed by atoms with Crippen molar-refractivity contribution in [2.45, 2.75) is 26.8 Å². The molecule has 0 spiro atoms. The van der Waals surface area contributed by atoms with Gasteiger partial charge in [-0.25, -0.2) is 12.8 Å². The molecule has 1 unspecified atom stereocenters. The van der Waals surface area contributed by atoms with Crippen molar-refractivity contribution in [2.24, 2.45) is 0 Å². The quantitative estimate of drug-likeness (QED) is 0.728. The number of sulfonamides is 1. The van der Waals surface area contributed by atoms with Gasteiger partial charge in [0.15, 0.2) is 0 Å². The number of para-hydroxylation sites is 1. The first-order valence-corrected chi connectivity index (χ1v) is 11.8. The van der Waals surface area contributed by atoms with Gasteiger partial charge in [-0.05, 0) is 50.1 Å². The van der Waals surface area contributed by atoms with Crippen molar-refractivity contribution in [3.05, 3.63) is 59.4 Å². The maximum atomic E-state index is 14.1. The molecule has 1 fully saturated rings. The van der Waals surface area contributed by atoms with Gasteiger partial charge in [0.2, 0.25) is 15.9 Å². The van der Waals surface area contributed by atoms with Crippen LogP contribution in [0.5, 0.6) is 0 Å². The third-order valence-corrected chi connectivity index (χ3v) is 6.68. The van der Waals surface area contributed by atoms with Gasteiger partial charge in [-0.1, -0.05) is 24.3 Å². The van der Waals surface area contributed by atoms with Crippen LogP contribution in [0.3, 0.4) is 0 Å². The van der Waals surface area contributed by atoms with E-state index >= 15 is 0 Å². The molecule has 0 saturated carbocycles. The van der Waals surface area contributed by atoms with E-state index in [0.29, 0.717) is 37.6 Å². The van der Waals surface area contributed by atoms with E-state index in [2.05, 4.69) is 0 Å². The van der Waals surface area contributed by atoms with E-state index in [1.165, 1.54) is 10.4 Å². The highest BCUT2D eigenvalue weighted by Gasteiger charge is 2.34. The van der Waals surface area contributed by atoms with Crippen LogP contribution in [0.1, 0.15) is 18.1 Å². The number of benzene rings is 2. The fourth-order valence-corrected chi connectivity index (χ4v) is 5.09. The van der Waals surface area contributed by atoms with Crippen molar-refractivity contribution in [3.63, 3.8) is 0 Å². The first-order chi connectivity index (χ1) is 14.1. The second kappa shape index (κ2) is 8.63. The molecule has 0 aliphatic carbocycles. The number of anilines is 2. The van der Waals surface area contributed by atoms with Crippen LogP contribution in [0.2, 0.25) is 0 Å². The first kappa shape index (κ1) is 22.1. The van der Waals surface area contributed by atoms with Crippen LogP contribution >= 0.6 is 0 Å². The molecule has 0 aromatic heterocycles. The van der Waals surface area contributed by atoms with Gasteiger partial charge in [0.05, 0.1) is 17.6 Å². The van der Waals surface area contributed by atoms with Crippen LogP contribution in [-0.4, -0.2) is 57.7 Å². The third kappa shape index (κ3) is 4.59. The Morgan fingerprint density at radius 1 is 1.07 bits per heavy atom. The summed E-state index contributed by atoms with van der Waals surface area (Å²) in [5, 5.41) is 0. The molecule has 0 bridgehead atoms. The Labute approximate surface area is 177 Å². The topological polar surface area (TPSA) is 60.9 Å². The number of carbonyl (C=O) groups is 1. The monoisotopic (exact) mass is 433 g/mol. The number of aryl methyl sites for hydroxylation is 2. The van der Waals surface area contributed by atoms with Gasteiger partial charge in [0.1, 0.15) is 11.9 Å². The molecule has 0 radical (unpaired) electrons. The molecule has 2 aromatic carbocycles. The van der Waals surface area contributed by atoms with Crippen LogP contribution in [0.15, 0.2) is 42.5 Å². The van der Waals surface area contributed by atoms with Crippen molar-refractivity contribution in [2.75, 3.05) is 41.6 Å². The lowest BCUT2D eigenvalue weighted by Gasteiger charge is -2.39. The van der Waals surface area contributed by atoms with E-state index < -0.39 is 16.1 Å². The minimum Gasteiger partial charge on any atom is -0.366 e. The molecule has 2 aromatic rings. The predicted octanol–water partition coefficient (Wildman–Crippen LogP) is 2.95. The zero-order chi connectivity index (χ0) is 22.1. The highest BCUT2D eigenvalue weighted by molar-refractivity contribution is 7.92. The van der Waals surface area contributed by atoms with Crippen molar-refractivity contribution >= 4 is 27.3 Å². The predicted molar refractivity (Wildman–Crippen MR) is 118 cm³/mol. The highest BCUT2D eigenvalue weighted by atomic mass is 32.2. The number of rotatable bonds is 5. The molecule has 3 rings (SSSR count). The van der Waals surface area contributed by atoms with Gasteiger partial charge in [0.25, 0.3) is 0 Å². The largest absolute Gasteiger partial charge is 0.366 e. The Morgan fingerprint density at radius 3 is 2.30 bits per heavy atom. The van der Waals surface area contributed by atoms with E-state index in [1.54, 1.807) is 36.1 Å². The first-order valence-electron chi connectivity index (χ1n) is 9.94. The van der Waals surface area contributed by atoms with Gasteiger partial charge in [-0.15, -0.1) is 0 Å². The number of piperazine rings is 1. The number of halogens is 1. The minimum atomic E-state index is -3.67. The van der Waals surface area contributed by atoms with Gasteiger partial charge >= 0.3 is 0 Å². The smallest absolute Gasteiger partial charge is 0.246 e. The Kier molecular flexibility index (Phi) is 6.36. The van der Waals surface area contributed by atoms with Crippen molar-refractivity contribution in [3.8, 4) is 0 Å². The minimum absolute atomic E-state index is 0.255. The Hall–Kier alpha value is -2.61. The highest BCUT2D eigenvalue weighted by Crippen LogP contribution is 2.27. The lowest BCUT2D eigenvalue weighted by molar-refractivity contribution is -0.132. The Morgan fingerprint density at radius 2 is 1.70 bits per heavy atom. The summed E-state index contributed by atoms with van der Waals surface area (Å²) in [7, 11) is -3.67. The molecule has 1 aliphatic heterocycles. The molecule has 1 heterocycles. The summed E-state index contributed by atoms with van der Waals surface area (Å²) in [6.45, 7) is 7.12. The molecule has 1 amide bonds. The van der Waals surface area contributed by atoms with Crippen LogP contribution < -0.4 is 9.21 Å². The normalized spacial score (nSPS) is 15.8. The fourth-order valence-electron chi connectivity index (χ4n) is 3.87. The second-order valence-electron chi connectivity index (χ2n) is 7.79. The molecule has 1 atom stereocenters. The lowest BCUT2D eigenvalue weighted by Crippen LogP contribution is -2.55. The molecule has 6 nitrogen and oxygen atoms in total.